The molecule has 3 nitrogen and oxygen atoms in total. The number of hydrogen-bond acceptors (Lipinski definition) is 3. The number of ether oxygens (including phenoxy) is 1. The molecule has 0 bridgehead atoms. The minimum Gasteiger partial charge on any atom is -0.389 e. The topological polar surface area (TPSA) is 41.5 Å². The van der Waals surface area contributed by atoms with Crippen molar-refractivity contribution in [1.82, 2.24) is 0 Å². The van der Waals surface area contributed by atoms with E-state index in [0.29, 0.717) is 17.3 Å². The van der Waals surface area contributed by atoms with E-state index in [0.717, 1.165) is 12.8 Å². The fraction of sp³-hybridized carbons (Fsp3) is 0.600. The maximum Gasteiger partial charge on any atom is 0.147 e. The number of halogens is 2. The second kappa shape index (κ2) is 9.97. The highest BCUT2D eigenvalue weighted by atomic mass is 35.5. The van der Waals surface area contributed by atoms with E-state index >= 15 is 0 Å². The van der Waals surface area contributed by atoms with E-state index in [1.165, 1.54) is 18.9 Å². The molecule has 5 heteroatoms. The van der Waals surface area contributed by atoms with Crippen LogP contribution in [0.15, 0.2) is 18.2 Å². The highest BCUT2D eigenvalue weighted by Gasteiger charge is 2.07. The van der Waals surface area contributed by atoms with Crippen LogP contribution in [0.3, 0.4) is 0 Å². The van der Waals surface area contributed by atoms with Crippen molar-refractivity contribution >= 4 is 17.3 Å². The van der Waals surface area contributed by atoms with Crippen molar-refractivity contribution in [2.24, 2.45) is 0 Å². The first-order chi connectivity index (χ1) is 9.63. The first kappa shape index (κ1) is 17.2. The van der Waals surface area contributed by atoms with Gasteiger partial charge in [-0.1, -0.05) is 37.8 Å². The third-order valence-electron chi connectivity index (χ3n) is 2.91. The van der Waals surface area contributed by atoms with E-state index in [1.807, 2.05) is 0 Å². The van der Waals surface area contributed by atoms with Crippen LogP contribution >= 0.6 is 11.6 Å². The number of aliphatic hydroxyl groups excluding tert-OH is 1. The number of nitrogens with one attached hydrogen (secondary N) is 1. The Balaban J connectivity index is 2.14. The number of anilines is 1. The first-order valence-electron chi connectivity index (χ1n) is 7.08. The zero-order valence-corrected chi connectivity index (χ0v) is 12.6. The van der Waals surface area contributed by atoms with Crippen LogP contribution in [0.5, 0.6) is 0 Å². The molecule has 0 aliphatic carbocycles. The quantitative estimate of drug-likeness (QED) is 0.645. The molecule has 0 heterocycles. The van der Waals surface area contributed by atoms with E-state index in [2.05, 4.69) is 12.2 Å². The normalized spacial score (nSPS) is 12.4. The van der Waals surface area contributed by atoms with Crippen molar-refractivity contribution in [3.8, 4) is 0 Å². The molecule has 2 N–H and O–H groups in total. The van der Waals surface area contributed by atoms with Gasteiger partial charge < -0.3 is 15.2 Å². The van der Waals surface area contributed by atoms with Crippen LogP contribution in [-0.2, 0) is 4.74 Å². The Kier molecular flexibility index (Phi) is 8.58. The molecule has 20 heavy (non-hydrogen) atoms. The predicted octanol–water partition coefficient (Wildman–Crippen LogP) is 3.85. The van der Waals surface area contributed by atoms with Gasteiger partial charge in [-0.05, 0) is 24.6 Å². The maximum absolute atomic E-state index is 13.5. The minimum absolute atomic E-state index is 0.244. The summed E-state index contributed by atoms with van der Waals surface area (Å²) >= 11 is 5.66. The van der Waals surface area contributed by atoms with Crippen LogP contribution in [-0.4, -0.2) is 31.0 Å². The van der Waals surface area contributed by atoms with Gasteiger partial charge in [0.2, 0.25) is 0 Å². The largest absolute Gasteiger partial charge is 0.389 e. The van der Waals surface area contributed by atoms with Crippen LogP contribution in [0.2, 0.25) is 5.02 Å². The van der Waals surface area contributed by atoms with Crippen molar-refractivity contribution in [1.29, 1.82) is 0 Å². The van der Waals surface area contributed by atoms with Crippen molar-refractivity contribution in [3.05, 3.63) is 29.0 Å². The fourth-order valence-electron chi connectivity index (χ4n) is 1.77. The Labute approximate surface area is 125 Å². The van der Waals surface area contributed by atoms with E-state index in [4.69, 9.17) is 16.3 Å². The highest BCUT2D eigenvalue weighted by Crippen LogP contribution is 2.18. The SMILES string of the molecule is CCCCCCOCC(O)CNc1ccc(Cl)cc1F. The molecule has 114 valence electrons. The smallest absolute Gasteiger partial charge is 0.147 e. The zero-order valence-electron chi connectivity index (χ0n) is 11.9. The lowest BCUT2D eigenvalue weighted by Crippen LogP contribution is -2.25. The van der Waals surface area contributed by atoms with E-state index in [1.54, 1.807) is 12.1 Å². The third kappa shape index (κ3) is 7.08. The predicted molar refractivity (Wildman–Crippen MR) is 80.9 cm³/mol. The maximum atomic E-state index is 13.5. The van der Waals surface area contributed by atoms with Crippen LogP contribution in [0.25, 0.3) is 0 Å². The summed E-state index contributed by atoms with van der Waals surface area (Å²) in [7, 11) is 0. The average molecular weight is 304 g/mol. The van der Waals surface area contributed by atoms with Gasteiger partial charge in [-0.3, -0.25) is 0 Å². The van der Waals surface area contributed by atoms with E-state index in [9.17, 15) is 9.50 Å². The van der Waals surface area contributed by atoms with Crippen LogP contribution in [0.4, 0.5) is 10.1 Å². The molecule has 1 aromatic rings. The second-order valence-electron chi connectivity index (χ2n) is 4.79. The summed E-state index contributed by atoms with van der Waals surface area (Å²) in [6.45, 7) is 3.32. The molecule has 0 aromatic heterocycles. The van der Waals surface area contributed by atoms with Gasteiger partial charge in [0.25, 0.3) is 0 Å². The molecule has 0 saturated carbocycles. The summed E-state index contributed by atoms with van der Waals surface area (Å²) in [5.41, 5.74) is 0.330. The van der Waals surface area contributed by atoms with Gasteiger partial charge in [-0.2, -0.15) is 0 Å². The van der Waals surface area contributed by atoms with Gasteiger partial charge in [0.05, 0.1) is 18.4 Å². The summed E-state index contributed by atoms with van der Waals surface area (Å²) < 4.78 is 18.8. The molecule has 0 radical (unpaired) electrons. The lowest BCUT2D eigenvalue weighted by atomic mass is 10.2. The Morgan fingerprint density at radius 1 is 1.35 bits per heavy atom. The molecule has 0 spiro atoms. The monoisotopic (exact) mass is 303 g/mol. The van der Waals surface area contributed by atoms with E-state index < -0.39 is 11.9 Å². The number of aliphatic hydroxyl groups is 1. The summed E-state index contributed by atoms with van der Waals surface area (Å²) in [6, 6.07) is 4.39. The summed E-state index contributed by atoms with van der Waals surface area (Å²) in [5.74, 6) is -0.426. The van der Waals surface area contributed by atoms with Crippen molar-refractivity contribution in [3.63, 3.8) is 0 Å². The van der Waals surface area contributed by atoms with Crippen LogP contribution < -0.4 is 5.32 Å². The molecule has 0 aliphatic heterocycles. The molecule has 0 saturated heterocycles. The number of hydrogen-bond donors (Lipinski definition) is 2. The molecule has 0 fully saturated rings. The summed E-state index contributed by atoms with van der Waals surface area (Å²) in [6.07, 6.45) is 3.92. The summed E-state index contributed by atoms with van der Waals surface area (Å²) in [4.78, 5) is 0. The van der Waals surface area contributed by atoms with Crippen molar-refractivity contribution in [2.45, 2.75) is 38.7 Å². The zero-order chi connectivity index (χ0) is 14.8. The van der Waals surface area contributed by atoms with Gasteiger partial charge in [-0.25, -0.2) is 4.39 Å². The Morgan fingerprint density at radius 3 is 2.85 bits per heavy atom. The Bertz CT molecular complexity index is 390. The number of benzene rings is 1. The standard InChI is InChI=1S/C15H23ClFNO2/c1-2-3-4-5-8-20-11-13(19)10-18-15-7-6-12(16)9-14(15)17/h6-7,9,13,18-19H,2-5,8,10-11H2,1H3. The molecule has 1 aromatic carbocycles. The van der Waals surface area contributed by atoms with E-state index in [-0.39, 0.29) is 13.2 Å². The van der Waals surface area contributed by atoms with Gasteiger partial charge in [0.15, 0.2) is 0 Å². The molecule has 1 rings (SSSR count). The molecule has 0 aliphatic rings. The molecule has 1 atom stereocenters. The van der Waals surface area contributed by atoms with Crippen LogP contribution in [0.1, 0.15) is 32.6 Å². The van der Waals surface area contributed by atoms with Crippen molar-refractivity contribution < 1.29 is 14.2 Å². The van der Waals surface area contributed by atoms with Gasteiger partial charge >= 0.3 is 0 Å². The van der Waals surface area contributed by atoms with Crippen LogP contribution in [0, 0.1) is 5.82 Å². The molecule has 0 amide bonds. The van der Waals surface area contributed by atoms with Gasteiger partial charge in [0.1, 0.15) is 5.82 Å². The Morgan fingerprint density at radius 2 is 2.15 bits per heavy atom. The van der Waals surface area contributed by atoms with Crippen molar-refractivity contribution in [2.75, 3.05) is 25.1 Å². The van der Waals surface area contributed by atoms with Gasteiger partial charge in [0, 0.05) is 18.2 Å². The highest BCUT2D eigenvalue weighted by molar-refractivity contribution is 6.30. The Hall–Kier alpha value is -0.840. The average Bonchev–Trinajstić information content (AvgIpc) is 2.41. The number of rotatable bonds is 10. The lowest BCUT2D eigenvalue weighted by molar-refractivity contribution is 0.0416. The second-order valence-corrected chi connectivity index (χ2v) is 5.23. The van der Waals surface area contributed by atoms with Gasteiger partial charge in [-0.15, -0.1) is 0 Å². The minimum atomic E-state index is -0.656. The molecular weight excluding hydrogens is 281 g/mol. The number of unbranched alkanes of at least 4 members (excludes halogenated alkanes) is 3. The molecular formula is C15H23ClFNO2. The fourth-order valence-corrected chi connectivity index (χ4v) is 1.93. The lowest BCUT2D eigenvalue weighted by Gasteiger charge is -2.13. The third-order valence-corrected chi connectivity index (χ3v) is 3.15. The molecule has 1 unspecified atom stereocenters. The summed E-state index contributed by atoms with van der Waals surface area (Å²) in [5, 5.41) is 12.9. The first-order valence-corrected chi connectivity index (χ1v) is 7.46.